The van der Waals surface area contributed by atoms with Crippen molar-refractivity contribution in [1.29, 1.82) is 0 Å². The Labute approximate surface area is 120 Å². The quantitative estimate of drug-likeness (QED) is 0.613. The van der Waals surface area contributed by atoms with Crippen LogP contribution < -0.4 is 0 Å². The van der Waals surface area contributed by atoms with Crippen LogP contribution in [0.5, 0.6) is 0 Å². The van der Waals surface area contributed by atoms with E-state index in [-0.39, 0.29) is 0 Å². The first-order chi connectivity index (χ1) is 8.64. The van der Waals surface area contributed by atoms with E-state index >= 15 is 0 Å². The van der Waals surface area contributed by atoms with Crippen molar-refractivity contribution >= 4 is 23.5 Å². The summed E-state index contributed by atoms with van der Waals surface area (Å²) in [6.45, 7) is 5.21. The van der Waals surface area contributed by atoms with Crippen molar-refractivity contribution < 1.29 is 0 Å². The summed E-state index contributed by atoms with van der Waals surface area (Å²) in [5.41, 5.74) is 0. The van der Waals surface area contributed by atoms with Gasteiger partial charge < -0.3 is 0 Å². The molecule has 0 N–H and O–H groups in total. The van der Waals surface area contributed by atoms with Crippen LogP contribution >= 0.6 is 23.5 Å². The molecule has 2 aliphatic carbocycles. The molecule has 102 valence electrons. The molecule has 0 bridgehead atoms. The fourth-order valence-electron chi connectivity index (χ4n) is 5.05. The molecule has 4 aliphatic rings. The average molecular weight is 283 g/mol. The van der Waals surface area contributed by atoms with Gasteiger partial charge in [0, 0.05) is 20.0 Å². The molecule has 2 saturated carbocycles. The van der Waals surface area contributed by atoms with E-state index in [0.717, 1.165) is 22.3 Å². The Morgan fingerprint density at radius 2 is 1.06 bits per heavy atom. The van der Waals surface area contributed by atoms with Gasteiger partial charge in [-0.1, -0.05) is 25.7 Å². The summed E-state index contributed by atoms with van der Waals surface area (Å²) in [6, 6.07) is 0. The highest BCUT2D eigenvalue weighted by Gasteiger charge is 2.65. The first kappa shape index (κ1) is 12.4. The first-order valence-corrected chi connectivity index (χ1v) is 9.76. The monoisotopic (exact) mass is 282 g/mol. The fraction of sp³-hybridized carbons (Fsp3) is 1.00. The number of rotatable bonds is 1. The van der Waals surface area contributed by atoms with Gasteiger partial charge in [-0.25, -0.2) is 0 Å². The Bertz CT molecular complexity index is 321. The third kappa shape index (κ3) is 1.74. The summed E-state index contributed by atoms with van der Waals surface area (Å²) in [4.78, 5) is 0. The second kappa shape index (κ2) is 4.10. The third-order valence-electron chi connectivity index (χ3n) is 6.38. The zero-order valence-corrected chi connectivity index (χ0v) is 13.4. The molecule has 2 aliphatic heterocycles. The van der Waals surface area contributed by atoms with Crippen molar-refractivity contribution in [3.05, 3.63) is 0 Å². The second-order valence-corrected chi connectivity index (χ2v) is 10.7. The molecule has 6 atom stereocenters. The minimum Gasteiger partial charge on any atom is -0.149 e. The van der Waals surface area contributed by atoms with E-state index < -0.39 is 0 Å². The standard InChI is InChI=1S/C16H26S2/c1-15-11(7-3-5-9-13(15)17-15)12-8-4-6-10-14-16(12,2)18-14/h11-14H,3-10H2,1-2H3. The molecule has 2 heteroatoms. The number of hydrogen-bond donors (Lipinski definition) is 0. The van der Waals surface area contributed by atoms with E-state index in [2.05, 4.69) is 37.4 Å². The SMILES string of the molecule is CC12SC1CCCCC2C1CCCCC2SC21C. The first-order valence-electron chi connectivity index (χ1n) is 8.00. The summed E-state index contributed by atoms with van der Waals surface area (Å²) < 4.78 is 1.37. The van der Waals surface area contributed by atoms with Crippen LogP contribution in [-0.4, -0.2) is 20.0 Å². The van der Waals surface area contributed by atoms with Crippen LogP contribution in [0, 0.1) is 11.8 Å². The lowest BCUT2D eigenvalue weighted by atomic mass is 9.71. The lowest BCUT2D eigenvalue weighted by molar-refractivity contribution is 0.229. The summed E-state index contributed by atoms with van der Waals surface area (Å²) in [5.74, 6) is 2.08. The van der Waals surface area contributed by atoms with Gasteiger partial charge in [-0.15, -0.1) is 23.5 Å². The summed E-state index contributed by atoms with van der Waals surface area (Å²) in [6.07, 6.45) is 12.1. The lowest BCUT2D eigenvalue weighted by Crippen LogP contribution is -2.37. The Kier molecular flexibility index (Phi) is 2.83. The van der Waals surface area contributed by atoms with Crippen LogP contribution in [0.25, 0.3) is 0 Å². The molecule has 0 radical (unpaired) electrons. The van der Waals surface area contributed by atoms with Gasteiger partial charge in [0.25, 0.3) is 0 Å². The minimum atomic E-state index is 0.683. The smallest absolute Gasteiger partial charge is 0.0285 e. The van der Waals surface area contributed by atoms with Crippen LogP contribution in [0.2, 0.25) is 0 Å². The minimum absolute atomic E-state index is 0.683. The highest BCUT2D eigenvalue weighted by Crippen LogP contribution is 2.71. The highest BCUT2D eigenvalue weighted by atomic mass is 32.2. The summed E-state index contributed by atoms with van der Waals surface area (Å²) in [5, 5.41) is 2.05. The van der Waals surface area contributed by atoms with Gasteiger partial charge in [0.05, 0.1) is 0 Å². The maximum Gasteiger partial charge on any atom is 0.0285 e. The zero-order chi connectivity index (χ0) is 12.4. The number of hydrogen-bond acceptors (Lipinski definition) is 2. The molecule has 0 spiro atoms. The third-order valence-corrected chi connectivity index (χ3v) is 10.1. The van der Waals surface area contributed by atoms with Gasteiger partial charge >= 0.3 is 0 Å². The molecule has 0 aromatic heterocycles. The van der Waals surface area contributed by atoms with Gasteiger partial charge in [-0.05, 0) is 51.4 Å². The molecule has 2 saturated heterocycles. The van der Waals surface area contributed by atoms with E-state index in [1.165, 1.54) is 51.4 Å². The van der Waals surface area contributed by atoms with E-state index in [0.29, 0.717) is 9.49 Å². The Morgan fingerprint density at radius 3 is 1.50 bits per heavy atom. The van der Waals surface area contributed by atoms with E-state index in [4.69, 9.17) is 0 Å². The second-order valence-electron chi connectivity index (χ2n) is 7.36. The van der Waals surface area contributed by atoms with Crippen LogP contribution in [0.1, 0.15) is 65.2 Å². The molecular weight excluding hydrogens is 256 g/mol. The van der Waals surface area contributed by atoms with Crippen LogP contribution in [0.15, 0.2) is 0 Å². The maximum atomic E-state index is 2.61. The van der Waals surface area contributed by atoms with Gasteiger partial charge in [-0.2, -0.15) is 0 Å². The molecule has 4 fully saturated rings. The van der Waals surface area contributed by atoms with Crippen LogP contribution in [0.3, 0.4) is 0 Å². The molecular formula is C16H26S2. The predicted molar refractivity (Wildman–Crippen MR) is 83.5 cm³/mol. The molecule has 0 aromatic rings. The number of fused-ring (bicyclic) bond motifs is 2. The van der Waals surface area contributed by atoms with Crippen molar-refractivity contribution in [1.82, 2.24) is 0 Å². The topological polar surface area (TPSA) is 0 Å². The van der Waals surface area contributed by atoms with Gasteiger partial charge in [0.1, 0.15) is 0 Å². The fourth-order valence-corrected chi connectivity index (χ4v) is 8.21. The lowest BCUT2D eigenvalue weighted by Gasteiger charge is -2.35. The molecule has 4 rings (SSSR count). The Hall–Kier alpha value is 0.700. The maximum absolute atomic E-state index is 2.61. The van der Waals surface area contributed by atoms with Crippen molar-refractivity contribution in [3.8, 4) is 0 Å². The van der Waals surface area contributed by atoms with Gasteiger partial charge in [0.2, 0.25) is 0 Å². The van der Waals surface area contributed by atoms with Crippen LogP contribution in [-0.2, 0) is 0 Å². The highest BCUT2D eigenvalue weighted by molar-refractivity contribution is 8.09. The van der Waals surface area contributed by atoms with Crippen molar-refractivity contribution in [2.75, 3.05) is 0 Å². The van der Waals surface area contributed by atoms with E-state index in [1.807, 2.05) is 0 Å². The predicted octanol–water partition coefficient (Wildman–Crippen LogP) is 5.12. The molecule has 0 amide bonds. The van der Waals surface area contributed by atoms with Crippen molar-refractivity contribution in [2.45, 2.75) is 85.2 Å². The Morgan fingerprint density at radius 1 is 0.667 bits per heavy atom. The number of thioether (sulfide) groups is 2. The molecule has 18 heavy (non-hydrogen) atoms. The normalized spacial score (nSPS) is 59.0. The van der Waals surface area contributed by atoms with E-state index in [9.17, 15) is 0 Å². The van der Waals surface area contributed by atoms with Gasteiger partial charge in [0.15, 0.2) is 0 Å². The van der Waals surface area contributed by atoms with Crippen LogP contribution in [0.4, 0.5) is 0 Å². The van der Waals surface area contributed by atoms with Crippen molar-refractivity contribution in [3.63, 3.8) is 0 Å². The average Bonchev–Trinajstić information content (AvgIpc) is 3.16. The molecule has 6 unspecified atom stereocenters. The van der Waals surface area contributed by atoms with E-state index in [1.54, 1.807) is 0 Å². The Balaban J connectivity index is 1.61. The summed E-state index contributed by atoms with van der Waals surface area (Å²) >= 11 is 4.67. The molecule has 2 heterocycles. The largest absolute Gasteiger partial charge is 0.149 e. The summed E-state index contributed by atoms with van der Waals surface area (Å²) in [7, 11) is 0. The molecule has 0 aromatic carbocycles. The van der Waals surface area contributed by atoms with Crippen molar-refractivity contribution in [2.24, 2.45) is 11.8 Å². The zero-order valence-electron chi connectivity index (χ0n) is 11.8. The molecule has 0 nitrogen and oxygen atoms in total. The van der Waals surface area contributed by atoms with Gasteiger partial charge in [-0.3, -0.25) is 0 Å².